The van der Waals surface area contributed by atoms with Crippen LogP contribution in [0.3, 0.4) is 0 Å². The highest BCUT2D eigenvalue weighted by Gasteiger charge is 2.28. The molecule has 1 saturated heterocycles. The van der Waals surface area contributed by atoms with Crippen molar-refractivity contribution in [2.24, 2.45) is 13.0 Å². The number of carbonyl (C=O) groups is 2. The van der Waals surface area contributed by atoms with Crippen LogP contribution in [0.4, 0.5) is 5.82 Å². The van der Waals surface area contributed by atoms with Crippen LogP contribution in [-0.2, 0) is 11.8 Å². The molecule has 1 fully saturated rings. The van der Waals surface area contributed by atoms with Crippen molar-refractivity contribution in [1.82, 2.24) is 14.7 Å². The third-order valence-electron chi connectivity index (χ3n) is 5.14. The first-order valence-electron chi connectivity index (χ1n) is 9.19. The summed E-state index contributed by atoms with van der Waals surface area (Å²) in [6.45, 7) is 1.17. The summed E-state index contributed by atoms with van der Waals surface area (Å²) in [5, 5.41) is 9.07. The van der Waals surface area contributed by atoms with Gasteiger partial charge >= 0.3 is 0 Å². The standard InChI is InChI=1S/C21H22N4O2/c1-24-12-11-19(23-24)22-20(26)16-9-13-25(14-10-16)21(27)18-8-4-6-15-5-2-3-7-17(15)18/h2-8,11-12,16H,9-10,13-14H2,1H3,(H,22,23,26). The molecule has 0 radical (unpaired) electrons. The zero-order chi connectivity index (χ0) is 18.8. The zero-order valence-corrected chi connectivity index (χ0v) is 15.3. The lowest BCUT2D eigenvalue weighted by Crippen LogP contribution is -2.41. The van der Waals surface area contributed by atoms with Gasteiger partial charge in [0.25, 0.3) is 5.91 Å². The van der Waals surface area contributed by atoms with Gasteiger partial charge in [-0.25, -0.2) is 0 Å². The molecule has 2 amide bonds. The molecule has 0 spiro atoms. The molecule has 0 unspecified atom stereocenters. The molecular formula is C21H22N4O2. The lowest BCUT2D eigenvalue weighted by atomic mass is 9.95. The van der Waals surface area contributed by atoms with E-state index in [1.807, 2.05) is 54.4 Å². The molecule has 3 aromatic rings. The predicted octanol–water partition coefficient (Wildman–Crippen LogP) is 3.06. The number of hydrogen-bond donors (Lipinski definition) is 1. The molecule has 1 aliphatic heterocycles. The van der Waals surface area contributed by atoms with E-state index in [1.54, 1.807) is 16.9 Å². The maximum Gasteiger partial charge on any atom is 0.254 e. The normalized spacial score (nSPS) is 15.1. The van der Waals surface area contributed by atoms with Crippen molar-refractivity contribution in [3.05, 3.63) is 60.3 Å². The highest BCUT2D eigenvalue weighted by Crippen LogP contribution is 2.24. The summed E-state index contributed by atoms with van der Waals surface area (Å²) in [5.41, 5.74) is 0.726. The lowest BCUT2D eigenvalue weighted by molar-refractivity contribution is -0.121. The molecule has 0 atom stereocenters. The Balaban J connectivity index is 1.41. The van der Waals surface area contributed by atoms with Crippen LogP contribution >= 0.6 is 0 Å². The van der Waals surface area contributed by atoms with Gasteiger partial charge in [-0.1, -0.05) is 36.4 Å². The highest BCUT2D eigenvalue weighted by molar-refractivity contribution is 6.07. The Bertz CT molecular complexity index is 981. The van der Waals surface area contributed by atoms with Crippen LogP contribution in [0.2, 0.25) is 0 Å². The van der Waals surface area contributed by atoms with E-state index in [2.05, 4.69) is 10.4 Å². The third kappa shape index (κ3) is 3.56. The summed E-state index contributed by atoms with van der Waals surface area (Å²) >= 11 is 0. The Morgan fingerprint density at radius 1 is 1.04 bits per heavy atom. The van der Waals surface area contributed by atoms with Crippen LogP contribution in [0.25, 0.3) is 10.8 Å². The third-order valence-corrected chi connectivity index (χ3v) is 5.14. The van der Waals surface area contributed by atoms with E-state index >= 15 is 0 Å². The van der Waals surface area contributed by atoms with Gasteiger partial charge in [0.2, 0.25) is 5.91 Å². The van der Waals surface area contributed by atoms with Crippen LogP contribution in [0.1, 0.15) is 23.2 Å². The fraction of sp³-hybridized carbons (Fsp3) is 0.286. The Morgan fingerprint density at radius 2 is 1.78 bits per heavy atom. The van der Waals surface area contributed by atoms with Gasteiger partial charge in [-0.2, -0.15) is 5.10 Å². The number of carbonyl (C=O) groups excluding carboxylic acids is 2. The number of piperidine rings is 1. The molecule has 1 aliphatic rings. The Morgan fingerprint density at radius 3 is 2.52 bits per heavy atom. The summed E-state index contributed by atoms with van der Waals surface area (Å²) in [5.74, 6) is 0.488. The molecule has 0 bridgehead atoms. The number of rotatable bonds is 3. The van der Waals surface area contributed by atoms with Gasteiger partial charge in [0.05, 0.1) is 0 Å². The molecular weight excluding hydrogens is 340 g/mol. The van der Waals surface area contributed by atoms with Crippen LogP contribution in [0.15, 0.2) is 54.7 Å². The number of amides is 2. The zero-order valence-electron chi connectivity index (χ0n) is 15.3. The Labute approximate surface area is 157 Å². The van der Waals surface area contributed by atoms with Gasteiger partial charge in [0, 0.05) is 43.9 Å². The molecule has 0 saturated carbocycles. The van der Waals surface area contributed by atoms with Crippen LogP contribution in [0, 0.1) is 5.92 Å². The second-order valence-electron chi connectivity index (χ2n) is 6.96. The van der Waals surface area contributed by atoms with Crippen molar-refractivity contribution in [3.8, 4) is 0 Å². The number of likely N-dealkylation sites (tertiary alicyclic amines) is 1. The quantitative estimate of drug-likeness (QED) is 0.779. The van der Waals surface area contributed by atoms with Crippen molar-refractivity contribution in [2.75, 3.05) is 18.4 Å². The maximum absolute atomic E-state index is 13.0. The molecule has 1 N–H and O–H groups in total. The molecule has 6 heteroatoms. The van der Waals surface area contributed by atoms with Gasteiger partial charge in [-0.15, -0.1) is 0 Å². The van der Waals surface area contributed by atoms with E-state index in [0.29, 0.717) is 31.7 Å². The van der Waals surface area contributed by atoms with E-state index in [9.17, 15) is 9.59 Å². The van der Waals surface area contributed by atoms with E-state index in [-0.39, 0.29) is 17.7 Å². The van der Waals surface area contributed by atoms with Crippen LogP contribution in [0.5, 0.6) is 0 Å². The van der Waals surface area contributed by atoms with Crippen molar-refractivity contribution < 1.29 is 9.59 Å². The van der Waals surface area contributed by atoms with Crippen LogP contribution < -0.4 is 5.32 Å². The molecule has 1 aromatic heterocycles. The molecule has 27 heavy (non-hydrogen) atoms. The largest absolute Gasteiger partial charge is 0.339 e. The number of fused-ring (bicyclic) bond motifs is 1. The lowest BCUT2D eigenvalue weighted by Gasteiger charge is -2.31. The van der Waals surface area contributed by atoms with Gasteiger partial charge in [0.1, 0.15) is 0 Å². The molecule has 6 nitrogen and oxygen atoms in total. The highest BCUT2D eigenvalue weighted by atomic mass is 16.2. The van der Waals surface area contributed by atoms with Crippen molar-refractivity contribution in [2.45, 2.75) is 12.8 Å². The first kappa shape index (κ1) is 17.3. The van der Waals surface area contributed by atoms with Crippen molar-refractivity contribution >= 4 is 28.4 Å². The number of nitrogens with one attached hydrogen (secondary N) is 1. The average molecular weight is 362 g/mol. The summed E-state index contributed by atoms with van der Waals surface area (Å²) < 4.78 is 1.65. The number of aryl methyl sites for hydroxylation is 1. The molecule has 138 valence electrons. The Hall–Kier alpha value is -3.15. The summed E-state index contributed by atoms with van der Waals surface area (Å²) in [4.78, 5) is 27.3. The molecule has 4 rings (SSSR count). The topological polar surface area (TPSA) is 67.2 Å². The second kappa shape index (κ2) is 7.23. The first-order valence-corrected chi connectivity index (χ1v) is 9.19. The smallest absolute Gasteiger partial charge is 0.254 e. The fourth-order valence-electron chi connectivity index (χ4n) is 3.64. The maximum atomic E-state index is 13.0. The molecule has 2 aromatic carbocycles. The number of benzene rings is 2. The van der Waals surface area contributed by atoms with Gasteiger partial charge in [-0.3, -0.25) is 14.3 Å². The number of nitrogens with zero attached hydrogens (tertiary/aromatic N) is 3. The van der Waals surface area contributed by atoms with Gasteiger partial charge in [-0.05, 0) is 29.7 Å². The van der Waals surface area contributed by atoms with Crippen molar-refractivity contribution in [1.29, 1.82) is 0 Å². The second-order valence-corrected chi connectivity index (χ2v) is 6.96. The summed E-state index contributed by atoms with van der Waals surface area (Å²) in [6, 6.07) is 15.5. The van der Waals surface area contributed by atoms with E-state index in [4.69, 9.17) is 0 Å². The summed E-state index contributed by atoms with van der Waals surface area (Å²) in [6.07, 6.45) is 3.12. The number of aromatic nitrogens is 2. The monoisotopic (exact) mass is 362 g/mol. The average Bonchev–Trinajstić information content (AvgIpc) is 3.11. The SMILES string of the molecule is Cn1ccc(NC(=O)C2CCN(C(=O)c3cccc4ccccc34)CC2)n1. The van der Waals surface area contributed by atoms with Crippen LogP contribution in [-0.4, -0.2) is 39.6 Å². The summed E-state index contributed by atoms with van der Waals surface area (Å²) in [7, 11) is 1.81. The minimum absolute atomic E-state index is 0.0223. The number of anilines is 1. The van der Waals surface area contributed by atoms with Gasteiger partial charge in [0.15, 0.2) is 5.82 Å². The fourth-order valence-corrected chi connectivity index (χ4v) is 3.64. The van der Waals surface area contributed by atoms with Crippen molar-refractivity contribution in [3.63, 3.8) is 0 Å². The minimum atomic E-state index is -0.0939. The van der Waals surface area contributed by atoms with Gasteiger partial charge < -0.3 is 10.2 Å². The molecule has 0 aliphatic carbocycles. The van der Waals surface area contributed by atoms with E-state index in [0.717, 1.165) is 16.3 Å². The first-order chi connectivity index (χ1) is 13.1. The number of hydrogen-bond acceptors (Lipinski definition) is 3. The predicted molar refractivity (Wildman–Crippen MR) is 104 cm³/mol. The minimum Gasteiger partial charge on any atom is -0.339 e. The Kier molecular flexibility index (Phi) is 4.62. The van der Waals surface area contributed by atoms with E-state index < -0.39 is 0 Å². The molecule has 2 heterocycles. The van der Waals surface area contributed by atoms with E-state index in [1.165, 1.54) is 0 Å².